The molecule has 0 spiro atoms. The van der Waals surface area contributed by atoms with Crippen LogP contribution in [0.2, 0.25) is 0 Å². The third-order valence-electron chi connectivity index (χ3n) is 2.04. The predicted molar refractivity (Wildman–Crippen MR) is 68.8 cm³/mol. The van der Waals surface area contributed by atoms with E-state index in [0.29, 0.717) is 11.3 Å². The minimum atomic E-state index is -4.04. The molecule has 0 aliphatic carbocycles. The Labute approximate surface area is 110 Å². The van der Waals surface area contributed by atoms with Crippen LogP contribution in [0.15, 0.2) is 24.3 Å². The van der Waals surface area contributed by atoms with Crippen molar-refractivity contribution in [1.82, 2.24) is 4.72 Å². The van der Waals surface area contributed by atoms with Crippen molar-refractivity contribution < 1.29 is 17.9 Å². The number of hydrogen-bond donors (Lipinski definition) is 2. The number of rotatable bonds is 4. The number of benzene rings is 1. The monoisotopic (exact) mass is 292 g/mol. The van der Waals surface area contributed by atoms with Gasteiger partial charge in [0.25, 0.3) is 0 Å². The highest BCUT2D eigenvalue weighted by Gasteiger charge is 2.17. The fourth-order valence-corrected chi connectivity index (χ4v) is 2.28. The number of amides is 1. The number of hydrogen-bond acceptors (Lipinski definition) is 4. The summed E-state index contributed by atoms with van der Waals surface area (Å²) in [6.45, 7) is 1.71. The molecule has 18 heavy (non-hydrogen) atoms. The van der Waals surface area contributed by atoms with E-state index in [9.17, 15) is 13.2 Å². The second-order valence-corrected chi connectivity index (χ2v) is 5.47. The Kier molecular flexibility index (Phi) is 4.80. The molecule has 1 rings (SSSR count). The second kappa shape index (κ2) is 5.92. The van der Waals surface area contributed by atoms with Crippen molar-refractivity contribution in [1.29, 1.82) is 0 Å². The Bertz CT molecular complexity index is 530. The third-order valence-corrected chi connectivity index (χ3v) is 3.20. The van der Waals surface area contributed by atoms with Gasteiger partial charge in [0.05, 0.1) is 18.2 Å². The van der Waals surface area contributed by atoms with E-state index in [1.165, 1.54) is 0 Å². The fourth-order valence-electron chi connectivity index (χ4n) is 1.26. The molecule has 1 unspecified atom stereocenters. The minimum Gasteiger partial charge on any atom is -0.452 e. The lowest BCUT2D eigenvalue weighted by Gasteiger charge is -2.13. The van der Waals surface area contributed by atoms with Gasteiger partial charge in [-0.3, -0.25) is 4.72 Å². The average Bonchev–Trinajstić information content (AvgIpc) is 2.28. The normalized spacial score (nSPS) is 12.6. The van der Waals surface area contributed by atoms with Gasteiger partial charge in [0.15, 0.2) is 0 Å². The summed E-state index contributed by atoms with van der Waals surface area (Å²) in [7, 11) is -2.97. The fraction of sp³-hybridized carbons (Fsp3) is 0.300. The highest BCUT2D eigenvalue weighted by molar-refractivity contribution is 7.91. The number of anilines is 1. The molecule has 0 aromatic heterocycles. The molecule has 0 heterocycles. The minimum absolute atomic E-state index is 0.302. The summed E-state index contributed by atoms with van der Waals surface area (Å²) < 4.78 is 31.2. The Balaban J connectivity index is 2.94. The van der Waals surface area contributed by atoms with Crippen LogP contribution in [-0.4, -0.2) is 21.6 Å². The largest absolute Gasteiger partial charge is 0.452 e. The van der Waals surface area contributed by atoms with Crippen molar-refractivity contribution in [2.45, 2.75) is 12.3 Å². The van der Waals surface area contributed by atoms with E-state index >= 15 is 0 Å². The first-order valence-corrected chi connectivity index (χ1v) is 6.89. The van der Waals surface area contributed by atoms with E-state index in [-0.39, 0.29) is 5.38 Å². The van der Waals surface area contributed by atoms with Gasteiger partial charge < -0.3 is 4.74 Å². The smallest absolute Gasteiger partial charge is 0.422 e. The second-order valence-electron chi connectivity index (χ2n) is 3.40. The Morgan fingerprint density at radius 1 is 1.39 bits per heavy atom. The lowest BCUT2D eigenvalue weighted by atomic mass is 10.1. The number of para-hydroxylation sites is 1. The lowest BCUT2D eigenvalue weighted by Crippen LogP contribution is -2.35. The highest BCUT2D eigenvalue weighted by atomic mass is 35.5. The molecule has 100 valence electrons. The summed E-state index contributed by atoms with van der Waals surface area (Å²) in [5.74, 6) is 0. The number of carbonyl (C=O) groups excluding carboxylic acids is 1. The molecule has 0 saturated heterocycles. The zero-order valence-corrected chi connectivity index (χ0v) is 11.4. The topological polar surface area (TPSA) is 84.5 Å². The van der Waals surface area contributed by atoms with Gasteiger partial charge in [0.2, 0.25) is 0 Å². The summed E-state index contributed by atoms with van der Waals surface area (Å²) in [5.41, 5.74) is 0.908. The molecule has 0 aliphatic rings. The molecule has 0 saturated carbocycles. The zero-order chi connectivity index (χ0) is 13.8. The van der Waals surface area contributed by atoms with Gasteiger partial charge in [0, 0.05) is 0 Å². The molecule has 1 aromatic rings. The first kappa shape index (κ1) is 14.6. The number of halogens is 1. The number of ether oxygens (including phenoxy) is 1. The summed E-state index contributed by atoms with van der Waals surface area (Å²) >= 11 is 5.92. The molecule has 1 aromatic carbocycles. The SMILES string of the molecule is COC(=O)NS(=O)(=O)Nc1ccccc1C(C)Cl. The van der Waals surface area contributed by atoms with Gasteiger partial charge >= 0.3 is 16.3 Å². The lowest BCUT2D eigenvalue weighted by molar-refractivity contribution is 0.177. The Morgan fingerprint density at radius 3 is 2.56 bits per heavy atom. The van der Waals surface area contributed by atoms with Crippen LogP contribution in [0.3, 0.4) is 0 Å². The molecular weight excluding hydrogens is 280 g/mol. The maximum Gasteiger partial charge on any atom is 0.422 e. The molecular formula is C10H13ClN2O4S. The maximum absolute atomic E-state index is 11.6. The van der Waals surface area contributed by atoms with Crippen molar-refractivity contribution in [3.05, 3.63) is 29.8 Å². The summed E-state index contributed by atoms with van der Waals surface area (Å²) in [6, 6.07) is 6.62. The van der Waals surface area contributed by atoms with E-state index in [2.05, 4.69) is 9.46 Å². The van der Waals surface area contributed by atoms with Crippen molar-refractivity contribution in [3.8, 4) is 0 Å². The van der Waals surface area contributed by atoms with E-state index < -0.39 is 16.3 Å². The number of carbonyl (C=O) groups is 1. The number of nitrogens with one attached hydrogen (secondary N) is 2. The van der Waals surface area contributed by atoms with Crippen LogP contribution in [0, 0.1) is 0 Å². The third kappa shape index (κ3) is 4.08. The van der Waals surface area contributed by atoms with Gasteiger partial charge in [-0.15, -0.1) is 11.6 Å². The quantitative estimate of drug-likeness (QED) is 0.831. The van der Waals surface area contributed by atoms with Crippen LogP contribution in [0.1, 0.15) is 17.9 Å². The van der Waals surface area contributed by atoms with E-state index in [1.54, 1.807) is 35.9 Å². The van der Waals surface area contributed by atoms with Gasteiger partial charge in [-0.05, 0) is 18.6 Å². The molecule has 0 radical (unpaired) electrons. The van der Waals surface area contributed by atoms with Crippen LogP contribution < -0.4 is 9.44 Å². The standard InChI is InChI=1S/C10H13ClN2O4S/c1-7(11)8-5-3-4-6-9(8)12-18(15,16)13-10(14)17-2/h3-7,12H,1-2H3,(H,13,14). The van der Waals surface area contributed by atoms with Gasteiger partial charge in [-0.2, -0.15) is 8.42 Å². The van der Waals surface area contributed by atoms with Crippen LogP contribution in [0.25, 0.3) is 0 Å². The molecule has 6 nitrogen and oxygen atoms in total. The first-order valence-electron chi connectivity index (χ1n) is 4.97. The number of alkyl halides is 1. The molecule has 0 aliphatic heterocycles. The summed E-state index contributed by atoms with van der Waals surface area (Å²) in [6.07, 6.45) is -1.07. The van der Waals surface area contributed by atoms with Crippen LogP contribution >= 0.6 is 11.6 Å². The van der Waals surface area contributed by atoms with Crippen molar-refractivity contribution >= 4 is 33.6 Å². The molecule has 8 heteroatoms. The van der Waals surface area contributed by atoms with Gasteiger partial charge in [0.1, 0.15) is 0 Å². The number of methoxy groups -OCH3 is 1. The summed E-state index contributed by atoms with van der Waals surface area (Å²) in [5, 5.41) is -0.373. The van der Waals surface area contributed by atoms with Crippen LogP contribution in [-0.2, 0) is 14.9 Å². The van der Waals surface area contributed by atoms with Gasteiger partial charge in [-0.25, -0.2) is 9.52 Å². The van der Waals surface area contributed by atoms with Gasteiger partial charge in [-0.1, -0.05) is 18.2 Å². The van der Waals surface area contributed by atoms with Crippen molar-refractivity contribution in [3.63, 3.8) is 0 Å². The molecule has 2 N–H and O–H groups in total. The van der Waals surface area contributed by atoms with Crippen molar-refractivity contribution in [2.24, 2.45) is 0 Å². The van der Waals surface area contributed by atoms with E-state index in [1.807, 2.05) is 0 Å². The maximum atomic E-state index is 11.6. The molecule has 0 bridgehead atoms. The van der Waals surface area contributed by atoms with Crippen LogP contribution in [0.4, 0.5) is 10.5 Å². The van der Waals surface area contributed by atoms with Crippen LogP contribution in [0.5, 0.6) is 0 Å². The molecule has 0 fully saturated rings. The van der Waals surface area contributed by atoms with Crippen molar-refractivity contribution in [2.75, 3.05) is 11.8 Å². The molecule has 1 atom stereocenters. The first-order chi connectivity index (χ1) is 8.35. The average molecular weight is 293 g/mol. The summed E-state index contributed by atoms with van der Waals surface area (Å²) in [4.78, 5) is 10.9. The Morgan fingerprint density at radius 2 is 2.00 bits per heavy atom. The molecule has 1 amide bonds. The van der Waals surface area contributed by atoms with E-state index in [4.69, 9.17) is 11.6 Å². The zero-order valence-electron chi connectivity index (χ0n) is 9.81. The Hall–Kier alpha value is -1.47. The highest BCUT2D eigenvalue weighted by Crippen LogP contribution is 2.27. The van der Waals surface area contributed by atoms with E-state index in [0.717, 1.165) is 7.11 Å². The predicted octanol–water partition coefficient (Wildman–Crippen LogP) is 2.00.